The number of hydrogen-bond donors (Lipinski definition) is 0. The third kappa shape index (κ3) is 3.14. The van der Waals surface area contributed by atoms with Crippen LogP contribution in [-0.4, -0.2) is 18.1 Å². The average molecular weight is 271 g/mol. The van der Waals surface area contributed by atoms with Gasteiger partial charge in [-0.3, -0.25) is 0 Å². The first kappa shape index (κ1) is 13.6. The van der Waals surface area contributed by atoms with Gasteiger partial charge in [0, 0.05) is 18.7 Å². The summed E-state index contributed by atoms with van der Waals surface area (Å²) in [4.78, 5) is 6.40. The van der Waals surface area contributed by atoms with Gasteiger partial charge in [0.25, 0.3) is 0 Å². The standard InChI is InChI=1S/C14H20ClFN2/c1-18(13-6-4-2-3-5-7-13)14-11(9-15)8-12(16)10-17-14/h8,10,13H,2-7,9H2,1H3. The quantitative estimate of drug-likeness (QED) is 0.607. The Balaban J connectivity index is 2.18. The predicted molar refractivity (Wildman–Crippen MR) is 73.6 cm³/mol. The van der Waals surface area contributed by atoms with E-state index in [1.165, 1.54) is 50.8 Å². The number of halogens is 2. The van der Waals surface area contributed by atoms with Crippen LogP contribution >= 0.6 is 11.6 Å². The summed E-state index contributed by atoms with van der Waals surface area (Å²) in [5.74, 6) is 0.818. The van der Waals surface area contributed by atoms with Crippen molar-refractivity contribution in [3.63, 3.8) is 0 Å². The fraction of sp³-hybridized carbons (Fsp3) is 0.643. The summed E-state index contributed by atoms with van der Waals surface area (Å²) < 4.78 is 13.2. The minimum Gasteiger partial charge on any atom is -0.356 e. The Labute approximate surface area is 113 Å². The van der Waals surface area contributed by atoms with Gasteiger partial charge in [0.1, 0.15) is 11.6 Å². The van der Waals surface area contributed by atoms with Crippen molar-refractivity contribution in [3.8, 4) is 0 Å². The summed E-state index contributed by atoms with van der Waals surface area (Å²) in [7, 11) is 2.05. The van der Waals surface area contributed by atoms with Gasteiger partial charge in [-0.25, -0.2) is 9.37 Å². The zero-order valence-electron chi connectivity index (χ0n) is 10.8. The van der Waals surface area contributed by atoms with Crippen LogP contribution in [0.25, 0.3) is 0 Å². The maximum atomic E-state index is 13.2. The van der Waals surface area contributed by atoms with Gasteiger partial charge < -0.3 is 4.90 Å². The lowest BCUT2D eigenvalue weighted by Crippen LogP contribution is -2.32. The summed E-state index contributed by atoms with van der Waals surface area (Å²) in [5.41, 5.74) is 0.781. The van der Waals surface area contributed by atoms with E-state index < -0.39 is 0 Å². The second kappa shape index (κ2) is 6.37. The van der Waals surface area contributed by atoms with Crippen molar-refractivity contribution in [1.82, 2.24) is 4.98 Å². The third-order valence-corrected chi connectivity index (χ3v) is 4.05. The maximum absolute atomic E-state index is 13.2. The molecule has 0 saturated heterocycles. The molecule has 100 valence electrons. The lowest BCUT2D eigenvalue weighted by atomic mass is 10.1. The van der Waals surface area contributed by atoms with Crippen LogP contribution in [0.3, 0.4) is 0 Å². The first-order valence-corrected chi connectivity index (χ1v) is 7.19. The zero-order valence-corrected chi connectivity index (χ0v) is 11.6. The molecule has 2 nitrogen and oxygen atoms in total. The number of aromatic nitrogens is 1. The molecule has 0 aromatic carbocycles. The Hall–Kier alpha value is -0.830. The first-order valence-electron chi connectivity index (χ1n) is 6.65. The molecule has 1 saturated carbocycles. The number of anilines is 1. The third-order valence-electron chi connectivity index (χ3n) is 3.76. The van der Waals surface area contributed by atoms with Crippen LogP contribution in [0.5, 0.6) is 0 Å². The van der Waals surface area contributed by atoms with Crippen LogP contribution < -0.4 is 4.90 Å². The highest BCUT2D eigenvalue weighted by Crippen LogP contribution is 2.27. The Kier molecular flexibility index (Phi) is 4.81. The topological polar surface area (TPSA) is 16.1 Å². The molecule has 0 aliphatic heterocycles. The molecule has 0 amide bonds. The molecule has 0 radical (unpaired) electrons. The number of hydrogen-bond acceptors (Lipinski definition) is 2. The maximum Gasteiger partial charge on any atom is 0.141 e. The van der Waals surface area contributed by atoms with Crippen molar-refractivity contribution in [1.29, 1.82) is 0 Å². The summed E-state index contributed by atoms with van der Waals surface area (Å²) >= 11 is 5.89. The second-order valence-corrected chi connectivity index (χ2v) is 5.29. The minimum absolute atomic E-state index is 0.303. The molecule has 1 aromatic heterocycles. The Morgan fingerprint density at radius 1 is 1.33 bits per heavy atom. The monoisotopic (exact) mass is 270 g/mol. The number of rotatable bonds is 3. The molecule has 2 rings (SSSR count). The largest absolute Gasteiger partial charge is 0.356 e. The fourth-order valence-electron chi connectivity index (χ4n) is 2.71. The fourth-order valence-corrected chi connectivity index (χ4v) is 2.90. The second-order valence-electron chi connectivity index (χ2n) is 5.03. The Bertz CT molecular complexity index is 389. The van der Waals surface area contributed by atoms with Gasteiger partial charge in [0.05, 0.1) is 12.1 Å². The van der Waals surface area contributed by atoms with Crippen LogP contribution in [0.1, 0.15) is 44.1 Å². The van der Waals surface area contributed by atoms with Crippen molar-refractivity contribution in [2.75, 3.05) is 11.9 Å². The SMILES string of the molecule is CN(c1ncc(F)cc1CCl)C1CCCCCC1. The molecule has 0 N–H and O–H groups in total. The molecule has 1 fully saturated rings. The summed E-state index contributed by atoms with van der Waals surface area (Å²) in [5, 5.41) is 0. The van der Waals surface area contributed by atoms with E-state index in [1.54, 1.807) is 0 Å². The summed E-state index contributed by atoms with van der Waals surface area (Å²) in [6.07, 6.45) is 8.85. The molecule has 0 spiro atoms. The predicted octanol–water partition coefficient (Wildman–Crippen LogP) is 4.12. The van der Waals surface area contributed by atoms with Crippen molar-refractivity contribution in [2.24, 2.45) is 0 Å². The molecule has 18 heavy (non-hydrogen) atoms. The van der Waals surface area contributed by atoms with E-state index in [-0.39, 0.29) is 5.82 Å². The van der Waals surface area contributed by atoms with E-state index >= 15 is 0 Å². The molecular formula is C14H20ClFN2. The van der Waals surface area contributed by atoms with E-state index in [0.29, 0.717) is 11.9 Å². The molecular weight excluding hydrogens is 251 g/mol. The van der Waals surface area contributed by atoms with Crippen molar-refractivity contribution in [3.05, 3.63) is 23.6 Å². The molecule has 1 aliphatic rings. The molecule has 4 heteroatoms. The van der Waals surface area contributed by atoms with Gasteiger partial charge in [0.15, 0.2) is 0 Å². The van der Waals surface area contributed by atoms with E-state index in [4.69, 9.17) is 11.6 Å². The minimum atomic E-state index is -0.316. The Morgan fingerprint density at radius 3 is 2.61 bits per heavy atom. The van der Waals surface area contributed by atoms with Gasteiger partial charge in [-0.2, -0.15) is 0 Å². The normalized spacial score (nSPS) is 17.5. The molecule has 0 bridgehead atoms. The van der Waals surface area contributed by atoms with Gasteiger partial charge in [0.2, 0.25) is 0 Å². The lowest BCUT2D eigenvalue weighted by Gasteiger charge is -2.29. The highest BCUT2D eigenvalue weighted by molar-refractivity contribution is 6.17. The van der Waals surface area contributed by atoms with Crippen molar-refractivity contribution >= 4 is 17.4 Å². The lowest BCUT2D eigenvalue weighted by molar-refractivity contribution is 0.546. The van der Waals surface area contributed by atoms with E-state index in [2.05, 4.69) is 9.88 Å². The number of nitrogens with zero attached hydrogens (tertiary/aromatic N) is 2. The molecule has 1 heterocycles. The van der Waals surface area contributed by atoms with Gasteiger partial charge in [-0.05, 0) is 18.9 Å². The number of pyridine rings is 1. The van der Waals surface area contributed by atoms with Gasteiger partial charge >= 0.3 is 0 Å². The van der Waals surface area contributed by atoms with E-state index in [9.17, 15) is 4.39 Å². The van der Waals surface area contributed by atoms with Gasteiger partial charge in [-0.15, -0.1) is 11.6 Å². The van der Waals surface area contributed by atoms with Crippen LogP contribution in [0.2, 0.25) is 0 Å². The van der Waals surface area contributed by atoms with Crippen molar-refractivity contribution in [2.45, 2.75) is 50.4 Å². The highest BCUT2D eigenvalue weighted by atomic mass is 35.5. The van der Waals surface area contributed by atoms with E-state index in [0.717, 1.165) is 11.4 Å². The smallest absolute Gasteiger partial charge is 0.141 e. The number of alkyl halides is 1. The summed E-state index contributed by atoms with van der Waals surface area (Å²) in [6.45, 7) is 0. The van der Waals surface area contributed by atoms with Crippen LogP contribution in [-0.2, 0) is 5.88 Å². The Morgan fingerprint density at radius 2 is 2.00 bits per heavy atom. The summed E-state index contributed by atoms with van der Waals surface area (Å²) in [6, 6.07) is 2.00. The zero-order chi connectivity index (χ0) is 13.0. The average Bonchev–Trinajstić information content (AvgIpc) is 2.66. The van der Waals surface area contributed by atoms with Crippen LogP contribution in [0.4, 0.5) is 10.2 Å². The molecule has 0 unspecified atom stereocenters. The highest BCUT2D eigenvalue weighted by Gasteiger charge is 2.20. The van der Waals surface area contributed by atoms with Gasteiger partial charge in [-0.1, -0.05) is 25.7 Å². The molecule has 0 atom stereocenters. The first-order chi connectivity index (χ1) is 8.72. The van der Waals surface area contributed by atoms with Crippen LogP contribution in [0, 0.1) is 5.82 Å². The van der Waals surface area contributed by atoms with Crippen LogP contribution in [0.15, 0.2) is 12.3 Å². The van der Waals surface area contributed by atoms with E-state index in [1.807, 2.05) is 7.05 Å². The molecule has 1 aromatic rings. The molecule has 1 aliphatic carbocycles. The van der Waals surface area contributed by atoms with Crippen molar-refractivity contribution < 1.29 is 4.39 Å².